The molecule has 128 valence electrons. The molecule has 0 spiro atoms. The van der Waals surface area contributed by atoms with E-state index >= 15 is 0 Å². The van der Waals surface area contributed by atoms with Crippen molar-refractivity contribution >= 4 is 38.9 Å². The van der Waals surface area contributed by atoms with Gasteiger partial charge in [0.15, 0.2) is 0 Å². The van der Waals surface area contributed by atoms with Gasteiger partial charge in [-0.1, -0.05) is 22.0 Å². The minimum atomic E-state index is -0.254. The molecule has 2 heterocycles. The molecular formula is C17H19BrN2O3S. The van der Waals surface area contributed by atoms with E-state index in [-0.39, 0.29) is 19.0 Å². The molecule has 1 saturated heterocycles. The fourth-order valence-corrected chi connectivity index (χ4v) is 3.57. The zero-order valence-electron chi connectivity index (χ0n) is 13.5. The molecule has 0 atom stereocenters. The highest BCUT2D eigenvalue weighted by molar-refractivity contribution is 9.10. The first kappa shape index (κ1) is 17.4. The van der Waals surface area contributed by atoms with Crippen LogP contribution in [0.25, 0.3) is 0 Å². The topological polar surface area (TPSA) is 51.7 Å². The SMILES string of the molecule is Cc1nc(CC(=O)OCc2ccc(Br)cc2N2CCOCC2)cs1. The van der Waals surface area contributed by atoms with Gasteiger partial charge in [-0.25, -0.2) is 4.98 Å². The van der Waals surface area contributed by atoms with E-state index in [0.717, 1.165) is 52.7 Å². The Labute approximate surface area is 153 Å². The summed E-state index contributed by atoms with van der Waals surface area (Å²) in [6, 6.07) is 6.03. The van der Waals surface area contributed by atoms with Crippen LogP contribution in [-0.2, 0) is 27.3 Å². The van der Waals surface area contributed by atoms with Gasteiger partial charge in [-0.2, -0.15) is 0 Å². The van der Waals surface area contributed by atoms with Crippen molar-refractivity contribution in [1.82, 2.24) is 4.98 Å². The maximum Gasteiger partial charge on any atom is 0.312 e. The van der Waals surface area contributed by atoms with Gasteiger partial charge in [-0.05, 0) is 19.1 Å². The van der Waals surface area contributed by atoms with E-state index < -0.39 is 0 Å². The minimum absolute atomic E-state index is 0.216. The fourth-order valence-electron chi connectivity index (χ4n) is 2.60. The minimum Gasteiger partial charge on any atom is -0.460 e. The number of halogens is 1. The van der Waals surface area contributed by atoms with Gasteiger partial charge >= 0.3 is 5.97 Å². The molecule has 0 unspecified atom stereocenters. The van der Waals surface area contributed by atoms with E-state index in [1.54, 1.807) is 11.3 Å². The number of hydrogen-bond donors (Lipinski definition) is 0. The van der Waals surface area contributed by atoms with Gasteiger partial charge in [-0.3, -0.25) is 4.79 Å². The average Bonchev–Trinajstić information content (AvgIpc) is 2.99. The zero-order valence-corrected chi connectivity index (χ0v) is 15.9. The zero-order chi connectivity index (χ0) is 16.9. The number of ether oxygens (including phenoxy) is 2. The quantitative estimate of drug-likeness (QED) is 0.707. The molecule has 0 saturated carbocycles. The van der Waals surface area contributed by atoms with Gasteiger partial charge in [-0.15, -0.1) is 11.3 Å². The van der Waals surface area contributed by atoms with Crippen LogP contribution in [-0.4, -0.2) is 37.3 Å². The van der Waals surface area contributed by atoms with Gasteiger partial charge in [0.25, 0.3) is 0 Å². The Balaban J connectivity index is 1.64. The van der Waals surface area contributed by atoms with Crippen LogP contribution in [0.3, 0.4) is 0 Å². The molecule has 0 aliphatic carbocycles. The number of rotatable bonds is 5. The molecule has 2 aromatic rings. The van der Waals surface area contributed by atoms with Crippen molar-refractivity contribution in [1.29, 1.82) is 0 Å². The van der Waals surface area contributed by atoms with E-state index in [1.165, 1.54) is 0 Å². The van der Waals surface area contributed by atoms with Crippen LogP contribution >= 0.6 is 27.3 Å². The van der Waals surface area contributed by atoms with E-state index in [1.807, 2.05) is 24.4 Å². The smallest absolute Gasteiger partial charge is 0.312 e. The van der Waals surface area contributed by atoms with Crippen LogP contribution in [0.2, 0.25) is 0 Å². The number of carbonyl (C=O) groups is 1. The lowest BCUT2D eigenvalue weighted by Gasteiger charge is -2.30. The first-order valence-corrected chi connectivity index (χ1v) is 9.47. The Hall–Kier alpha value is -1.44. The second-order valence-corrected chi connectivity index (χ2v) is 7.55. The van der Waals surface area contributed by atoms with Crippen LogP contribution in [0.4, 0.5) is 5.69 Å². The molecule has 1 aliphatic rings. The summed E-state index contributed by atoms with van der Waals surface area (Å²) in [6.07, 6.45) is 0.216. The molecule has 3 rings (SSSR count). The number of esters is 1. The summed E-state index contributed by atoms with van der Waals surface area (Å²) < 4.78 is 11.9. The summed E-state index contributed by atoms with van der Waals surface area (Å²) in [5.74, 6) is -0.254. The molecule has 0 bridgehead atoms. The van der Waals surface area contributed by atoms with Crippen molar-refractivity contribution in [3.8, 4) is 0 Å². The normalized spacial score (nSPS) is 14.7. The van der Waals surface area contributed by atoms with Crippen LogP contribution < -0.4 is 4.90 Å². The summed E-state index contributed by atoms with van der Waals surface area (Å²) >= 11 is 5.06. The van der Waals surface area contributed by atoms with Gasteiger partial charge in [0.1, 0.15) is 6.61 Å². The highest BCUT2D eigenvalue weighted by Gasteiger charge is 2.16. The molecule has 1 aliphatic heterocycles. The summed E-state index contributed by atoms with van der Waals surface area (Å²) in [5.41, 5.74) is 2.86. The van der Waals surface area contributed by atoms with Crippen LogP contribution in [0.5, 0.6) is 0 Å². The monoisotopic (exact) mass is 410 g/mol. The predicted molar refractivity (Wildman–Crippen MR) is 97.5 cm³/mol. The third-order valence-electron chi connectivity index (χ3n) is 3.78. The molecule has 1 fully saturated rings. The van der Waals surface area contributed by atoms with Gasteiger partial charge in [0, 0.05) is 34.2 Å². The highest BCUT2D eigenvalue weighted by atomic mass is 79.9. The number of anilines is 1. The van der Waals surface area contributed by atoms with Crippen LogP contribution in [0.15, 0.2) is 28.1 Å². The first-order chi connectivity index (χ1) is 11.6. The molecule has 0 N–H and O–H groups in total. The Bertz CT molecular complexity index is 714. The van der Waals surface area contributed by atoms with Crippen LogP contribution in [0, 0.1) is 6.92 Å². The van der Waals surface area contributed by atoms with E-state index in [9.17, 15) is 4.79 Å². The number of benzene rings is 1. The number of thiazole rings is 1. The molecule has 1 aromatic heterocycles. The van der Waals surface area contributed by atoms with Gasteiger partial charge < -0.3 is 14.4 Å². The molecule has 24 heavy (non-hydrogen) atoms. The lowest BCUT2D eigenvalue weighted by Crippen LogP contribution is -2.36. The molecule has 0 amide bonds. The van der Waals surface area contributed by atoms with Crippen molar-refractivity contribution in [3.63, 3.8) is 0 Å². The maximum absolute atomic E-state index is 12.0. The maximum atomic E-state index is 12.0. The summed E-state index contributed by atoms with van der Waals surface area (Å²) in [7, 11) is 0. The van der Waals surface area contributed by atoms with Gasteiger partial charge in [0.2, 0.25) is 0 Å². The Morgan fingerprint density at radius 3 is 2.92 bits per heavy atom. The van der Waals surface area contributed by atoms with E-state index in [4.69, 9.17) is 9.47 Å². The lowest BCUT2D eigenvalue weighted by atomic mass is 10.1. The number of carbonyl (C=O) groups excluding carboxylic acids is 1. The van der Waals surface area contributed by atoms with Crippen molar-refractivity contribution in [2.75, 3.05) is 31.2 Å². The molecular weight excluding hydrogens is 392 g/mol. The number of morpholine rings is 1. The number of nitrogens with zero attached hydrogens (tertiary/aromatic N) is 2. The van der Waals surface area contributed by atoms with Crippen LogP contribution in [0.1, 0.15) is 16.3 Å². The van der Waals surface area contributed by atoms with E-state index in [0.29, 0.717) is 0 Å². The average molecular weight is 411 g/mol. The second kappa shape index (κ2) is 8.09. The summed E-state index contributed by atoms with van der Waals surface area (Å²) in [5, 5.41) is 2.86. The summed E-state index contributed by atoms with van der Waals surface area (Å²) in [4.78, 5) is 18.6. The fraction of sp³-hybridized carbons (Fsp3) is 0.412. The molecule has 5 nitrogen and oxygen atoms in total. The Morgan fingerprint density at radius 2 is 2.21 bits per heavy atom. The number of hydrogen-bond acceptors (Lipinski definition) is 6. The van der Waals surface area contributed by atoms with Crippen molar-refractivity contribution in [2.45, 2.75) is 20.0 Å². The standard InChI is InChI=1S/C17H19BrN2O3S/c1-12-19-15(11-24-12)9-17(21)23-10-13-2-3-14(18)8-16(13)20-4-6-22-7-5-20/h2-3,8,11H,4-7,9-10H2,1H3. The number of aryl methyl sites for hydroxylation is 1. The number of aromatic nitrogens is 1. The third-order valence-corrected chi connectivity index (χ3v) is 5.10. The lowest BCUT2D eigenvalue weighted by molar-refractivity contribution is -0.144. The Morgan fingerprint density at radius 1 is 1.42 bits per heavy atom. The largest absolute Gasteiger partial charge is 0.460 e. The van der Waals surface area contributed by atoms with Crippen molar-refractivity contribution in [2.24, 2.45) is 0 Å². The van der Waals surface area contributed by atoms with Crippen molar-refractivity contribution in [3.05, 3.63) is 44.3 Å². The van der Waals surface area contributed by atoms with E-state index in [2.05, 4.69) is 31.9 Å². The predicted octanol–water partition coefficient (Wildman–Crippen LogP) is 3.34. The second-order valence-electron chi connectivity index (χ2n) is 5.57. The van der Waals surface area contributed by atoms with Gasteiger partial charge in [0.05, 0.1) is 30.3 Å². The first-order valence-electron chi connectivity index (χ1n) is 7.79. The third kappa shape index (κ3) is 4.55. The Kier molecular flexibility index (Phi) is 5.86. The molecule has 0 radical (unpaired) electrons. The highest BCUT2D eigenvalue weighted by Crippen LogP contribution is 2.27. The molecule has 7 heteroatoms. The summed E-state index contributed by atoms with van der Waals surface area (Å²) in [6.45, 7) is 5.31. The molecule has 1 aromatic carbocycles. The van der Waals surface area contributed by atoms with Crippen molar-refractivity contribution < 1.29 is 14.3 Å².